The number of nitriles is 1. The molecule has 6 nitrogen and oxygen atoms in total. The highest BCUT2D eigenvalue weighted by Crippen LogP contribution is 2.25. The van der Waals surface area contributed by atoms with Gasteiger partial charge in [0.25, 0.3) is 5.91 Å². The Labute approximate surface area is 167 Å². The van der Waals surface area contributed by atoms with Crippen molar-refractivity contribution < 1.29 is 13.2 Å². The van der Waals surface area contributed by atoms with Crippen molar-refractivity contribution in [2.24, 2.45) is 0 Å². The molecule has 140 valence electrons. The van der Waals surface area contributed by atoms with Crippen molar-refractivity contribution in [1.82, 2.24) is 9.21 Å². The van der Waals surface area contributed by atoms with E-state index in [1.54, 1.807) is 29.2 Å². The van der Waals surface area contributed by atoms with Crippen LogP contribution in [0, 0.1) is 11.3 Å². The summed E-state index contributed by atoms with van der Waals surface area (Å²) < 4.78 is 27.0. The van der Waals surface area contributed by atoms with Crippen LogP contribution in [0.3, 0.4) is 0 Å². The van der Waals surface area contributed by atoms with E-state index in [9.17, 15) is 13.2 Å². The van der Waals surface area contributed by atoms with E-state index in [0.717, 1.165) is 0 Å². The summed E-state index contributed by atoms with van der Waals surface area (Å²) in [6, 6.07) is 12.6. The summed E-state index contributed by atoms with van der Waals surface area (Å²) in [4.78, 5) is 14.2. The fourth-order valence-electron chi connectivity index (χ4n) is 2.87. The number of nitrogens with zero attached hydrogens (tertiary/aromatic N) is 3. The minimum absolute atomic E-state index is 0.0169. The van der Waals surface area contributed by atoms with Crippen LogP contribution in [0.15, 0.2) is 47.4 Å². The van der Waals surface area contributed by atoms with Crippen molar-refractivity contribution in [2.45, 2.75) is 4.90 Å². The number of amides is 1. The van der Waals surface area contributed by atoms with Crippen LogP contribution in [-0.2, 0) is 10.0 Å². The Hall–Kier alpha value is -2.11. The second-order valence-electron chi connectivity index (χ2n) is 5.93. The average Bonchev–Trinajstić information content (AvgIpc) is 2.69. The van der Waals surface area contributed by atoms with E-state index in [0.29, 0.717) is 10.6 Å². The minimum atomic E-state index is -3.80. The third kappa shape index (κ3) is 3.94. The first-order valence-corrected chi connectivity index (χ1v) is 10.3. The molecule has 2 aromatic carbocycles. The summed E-state index contributed by atoms with van der Waals surface area (Å²) in [5, 5.41) is 9.81. The standard InChI is InChI=1S/C18H15Cl2N3O3S/c19-15-6-5-13(11-16(15)20)18(24)22-7-9-23(10-8-22)27(25,26)17-4-2-1-3-14(17)12-21/h1-6,11H,7-10H2. The molecular weight excluding hydrogens is 409 g/mol. The molecule has 0 atom stereocenters. The maximum absolute atomic E-state index is 12.8. The van der Waals surface area contributed by atoms with E-state index in [2.05, 4.69) is 0 Å². The van der Waals surface area contributed by atoms with Crippen LogP contribution in [0.4, 0.5) is 0 Å². The Bertz CT molecular complexity index is 1030. The van der Waals surface area contributed by atoms with Crippen LogP contribution in [0.5, 0.6) is 0 Å². The average molecular weight is 424 g/mol. The summed E-state index contributed by atoms with van der Waals surface area (Å²) >= 11 is 11.8. The third-order valence-corrected chi connectivity index (χ3v) is 7.01. The smallest absolute Gasteiger partial charge is 0.253 e. The molecule has 3 rings (SSSR count). The van der Waals surface area contributed by atoms with Gasteiger partial charge >= 0.3 is 0 Å². The van der Waals surface area contributed by atoms with Gasteiger partial charge in [-0.3, -0.25) is 4.79 Å². The normalized spacial score (nSPS) is 15.4. The number of hydrogen-bond acceptors (Lipinski definition) is 4. The van der Waals surface area contributed by atoms with Crippen LogP contribution in [-0.4, -0.2) is 49.7 Å². The molecule has 1 aliphatic rings. The van der Waals surface area contributed by atoms with E-state index in [1.807, 2.05) is 6.07 Å². The lowest BCUT2D eigenvalue weighted by molar-refractivity contribution is 0.0698. The number of halogens is 2. The molecular formula is C18H15Cl2N3O3S. The lowest BCUT2D eigenvalue weighted by Crippen LogP contribution is -2.50. The van der Waals surface area contributed by atoms with Crippen LogP contribution in [0.2, 0.25) is 10.0 Å². The Kier molecular flexibility index (Phi) is 5.72. The van der Waals surface area contributed by atoms with E-state index in [-0.39, 0.29) is 47.6 Å². The molecule has 1 aliphatic heterocycles. The quantitative estimate of drug-likeness (QED) is 0.759. The summed E-state index contributed by atoms with van der Waals surface area (Å²) in [5.74, 6) is -0.233. The molecule has 9 heteroatoms. The van der Waals surface area contributed by atoms with Crippen molar-refractivity contribution >= 4 is 39.1 Å². The van der Waals surface area contributed by atoms with Gasteiger partial charge in [0.2, 0.25) is 10.0 Å². The van der Waals surface area contributed by atoms with Gasteiger partial charge in [-0.1, -0.05) is 35.3 Å². The fraction of sp³-hybridized carbons (Fsp3) is 0.222. The highest BCUT2D eigenvalue weighted by Gasteiger charge is 2.31. The van der Waals surface area contributed by atoms with Crippen molar-refractivity contribution in [1.29, 1.82) is 5.26 Å². The van der Waals surface area contributed by atoms with Gasteiger partial charge in [-0.25, -0.2) is 8.42 Å². The van der Waals surface area contributed by atoms with E-state index < -0.39 is 10.0 Å². The fourth-order valence-corrected chi connectivity index (χ4v) is 4.73. The van der Waals surface area contributed by atoms with Crippen LogP contribution >= 0.6 is 23.2 Å². The molecule has 27 heavy (non-hydrogen) atoms. The van der Waals surface area contributed by atoms with Gasteiger partial charge < -0.3 is 4.90 Å². The van der Waals surface area contributed by atoms with Gasteiger partial charge in [-0.2, -0.15) is 9.57 Å². The van der Waals surface area contributed by atoms with Gasteiger partial charge in [0.15, 0.2) is 0 Å². The molecule has 1 amide bonds. The summed E-state index contributed by atoms with van der Waals surface area (Å²) in [7, 11) is -3.80. The lowest BCUT2D eigenvalue weighted by Gasteiger charge is -2.34. The number of hydrogen-bond donors (Lipinski definition) is 0. The summed E-state index contributed by atoms with van der Waals surface area (Å²) in [5.41, 5.74) is 0.502. The third-order valence-electron chi connectivity index (χ3n) is 4.32. The zero-order valence-electron chi connectivity index (χ0n) is 14.1. The van der Waals surface area contributed by atoms with Gasteiger partial charge in [0.1, 0.15) is 6.07 Å². The number of piperazine rings is 1. The first-order chi connectivity index (χ1) is 12.8. The summed E-state index contributed by atoms with van der Waals surface area (Å²) in [6.07, 6.45) is 0. The molecule has 1 fully saturated rings. The molecule has 0 saturated carbocycles. The highest BCUT2D eigenvalue weighted by atomic mass is 35.5. The Morgan fingerprint density at radius 2 is 1.67 bits per heavy atom. The number of carbonyl (C=O) groups is 1. The predicted molar refractivity (Wildman–Crippen MR) is 102 cm³/mol. The van der Waals surface area contributed by atoms with Crippen molar-refractivity contribution in [3.63, 3.8) is 0 Å². The second kappa shape index (κ2) is 7.87. The number of sulfonamides is 1. The van der Waals surface area contributed by atoms with E-state index in [1.165, 1.54) is 22.5 Å². The first kappa shape index (κ1) is 19.6. The predicted octanol–water partition coefficient (Wildman–Crippen LogP) is 3.01. The molecule has 0 bridgehead atoms. The minimum Gasteiger partial charge on any atom is -0.336 e. The largest absolute Gasteiger partial charge is 0.336 e. The maximum Gasteiger partial charge on any atom is 0.253 e. The van der Waals surface area contributed by atoms with Crippen molar-refractivity contribution in [3.8, 4) is 6.07 Å². The zero-order valence-corrected chi connectivity index (χ0v) is 16.4. The molecule has 0 spiro atoms. The SMILES string of the molecule is N#Cc1ccccc1S(=O)(=O)N1CCN(C(=O)c2ccc(Cl)c(Cl)c2)CC1. The number of carbonyl (C=O) groups excluding carboxylic acids is 1. The van der Waals surface area contributed by atoms with Crippen molar-refractivity contribution in [3.05, 3.63) is 63.6 Å². The summed E-state index contributed by atoms with van der Waals surface area (Å²) in [6.45, 7) is 0.782. The molecule has 0 radical (unpaired) electrons. The molecule has 0 N–H and O–H groups in total. The second-order valence-corrected chi connectivity index (χ2v) is 8.65. The van der Waals surface area contributed by atoms with Gasteiger partial charge in [0.05, 0.1) is 20.5 Å². The van der Waals surface area contributed by atoms with Gasteiger partial charge in [-0.15, -0.1) is 0 Å². The molecule has 0 unspecified atom stereocenters. The van der Waals surface area contributed by atoms with Crippen LogP contribution in [0.1, 0.15) is 15.9 Å². The molecule has 1 heterocycles. The van der Waals surface area contributed by atoms with Crippen molar-refractivity contribution in [2.75, 3.05) is 26.2 Å². The van der Waals surface area contributed by atoms with E-state index >= 15 is 0 Å². The Morgan fingerprint density at radius 3 is 2.30 bits per heavy atom. The van der Waals surface area contributed by atoms with Gasteiger partial charge in [0, 0.05) is 31.7 Å². The van der Waals surface area contributed by atoms with E-state index in [4.69, 9.17) is 28.5 Å². The van der Waals surface area contributed by atoms with Gasteiger partial charge in [-0.05, 0) is 30.3 Å². The van der Waals surface area contributed by atoms with Crippen LogP contribution in [0.25, 0.3) is 0 Å². The Balaban J connectivity index is 1.74. The topological polar surface area (TPSA) is 81.5 Å². The van der Waals surface area contributed by atoms with Crippen LogP contribution < -0.4 is 0 Å². The Morgan fingerprint density at radius 1 is 1.00 bits per heavy atom. The zero-order chi connectivity index (χ0) is 19.6. The lowest BCUT2D eigenvalue weighted by atomic mass is 10.2. The number of rotatable bonds is 3. The molecule has 0 aliphatic carbocycles. The highest BCUT2D eigenvalue weighted by molar-refractivity contribution is 7.89. The molecule has 0 aromatic heterocycles. The maximum atomic E-state index is 12.8. The monoisotopic (exact) mass is 423 g/mol. The number of benzene rings is 2. The first-order valence-electron chi connectivity index (χ1n) is 8.08. The molecule has 2 aromatic rings. The molecule has 1 saturated heterocycles.